The molecule has 0 unspecified atom stereocenters. The van der Waals surface area contributed by atoms with Crippen LogP contribution in [-0.2, 0) is 0 Å². The largest absolute Gasteiger partial charge is 0.493 e. The molecule has 19 heavy (non-hydrogen) atoms. The van der Waals surface area contributed by atoms with Gasteiger partial charge in [0.1, 0.15) is 16.5 Å². The van der Waals surface area contributed by atoms with Crippen molar-refractivity contribution in [3.63, 3.8) is 0 Å². The average Bonchev–Trinajstić information content (AvgIpc) is 2.87. The molecule has 0 bridgehead atoms. The van der Waals surface area contributed by atoms with Gasteiger partial charge in [0.25, 0.3) is 0 Å². The Balaban J connectivity index is 1.79. The van der Waals surface area contributed by atoms with Crippen LogP contribution >= 0.6 is 11.3 Å². The van der Waals surface area contributed by atoms with Gasteiger partial charge in [-0.25, -0.2) is 4.98 Å². The van der Waals surface area contributed by atoms with Gasteiger partial charge in [-0.2, -0.15) is 0 Å². The van der Waals surface area contributed by atoms with Crippen LogP contribution in [0.2, 0.25) is 0 Å². The van der Waals surface area contributed by atoms with E-state index in [0.29, 0.717) is 0 Å². The Kier molecular flexibility index (Phi) is 3.16. The Morgan fingerprint density at radius 3 is 2.21 bits per heavy atom. The molecule has 1 heterocycles. The zero-order chi connectivity index (χ0) is 13.1. The Morgan fingerprint density at radius 1 is 0.895 bits per heavy atom. The highest BCUT2D eigenvalue weighted by Crippen LogP contribution is 2.29. The minimum atomic E-state index is 0.0598. The zero-order valence-electron chi connectivity index (χ0n) is 9.98. The number of aromatic hydroxyl groups is 1. The van der Waals surface area contributed by atoms with E-state index in [0.717, 1.165) is 22.1 Å². The van der Waals surface area contributed by atoms with E-state index in [2.05, 4.69) is 4.98 Å². The highest BCUT2D eigenvalue weighted by atomic mass is 32.1. The van der Waals surface area contributed by atoms with Gasteiger partial charge in [0.15, 0.2) is 0 Å². The monoisotopic (exact) mass is 269 g/mol. The minimum Gasteiger partial charge on any atom is -0.493 e. The smallest absolute Gasteiger partial charge is 0.222 e. The first-order valence-electron chi connectivity index (χ1n) is 5.79. The molecule has 94 valence electrons. The number of hydrogen-bond acceptors (Lipinski definition) is 4. The number of thiazole rings is 1. The molecule has 3 nitrogen and oxygen atoms in total. The Hall–Kier alpha value is -2.33. The SMILES string of the molecule is Oc1csc(-c2ccc(Oc3ccccc3)cc2)n1. The maximum Gasteiger partial charge on any atom is 0.222 e. The molecule has 0 aliphatic heterocycles. The van der Waals surface area contributed by atoms with Gasteiger partial charge in [-0.05, 0) is 36.4 Å². The standard InChI is InChI=1S/C15H11NO2S/c17-14-10-19-15(16-14)11-6-8-13(9-7-11)18-12-4-2-1-3-5-12/h1-10,17H. The molecule has 0 atom stereocenters. The molecule has 0 saturated heterocycles. The van der Waals surface area contributed by atoms with Crippen molar-refractivity contribution >= 4 is 11.3 Å². The van der Waals surface area contributed by atoms with E-state index >= 15 is 0 Å². The van der Waals surface area contributed by atoms with E-state index in [1.54, 1.807) is 5.38 Å². The van der Waals surface area contributed by atoms with Crippen molar-refractivity contribution in [3.05, 3.63) is 60.0 Å². The second kappa shape index (κ2) is 5.12. The van der Waals surface area contributed by atoms with Crippen molar-refractivity contribution < 1.29 is 9.84 Å². The lowest BCUT2D eigenvalue weighted by molar-refractivity contribution is 0.458. The van der Waals surface area contributed by atoms with E-state index in [1.165, 1.54) is 11.3 Å². The van der Waals surface area contributed by atoms with Crippen molar-refractivity contribution in [1.29, 1.82) is 0 Å². The fourth-order valence-electron chi connectivity index (χ4n) is 1.69. The van der Waals surface area contributed by atoms with E-state index in [9.17, 15) is 5.11 Å². The molecule has 0 aliphatic rings. The summed E-state index contributed by atoms with van der Waals surface area (Å²) >= 11 is 1.41. The molecule has 0 radical (unpaired) electrons. The third kappa shape index (κ3) is 2.74. The molecule has 2 aromatic carbocycles. The van der Waals surface area contributed by atoms with Gasteiger partial charge >= 0.3 is 0 Å². The number of hydrogen-bond donors (Lipinski definition) is 1. The maximum atomic E-state index is 9.24. The van der Waals surface area contributed by atoms with Crippen LogP contribution in [0.25, 0.3) is 10.6 Å². The highest BCUT2D eigenvalue weighted by Gasteiger charge is 2.04. The third-order valence-electron chi connectivity index (χ3n) is 2.57. The predicted octanol–water partition coefficient (Wildman–Crippen LogP) is 4.31. The molecule has 3 rings (SSSR count). The van der Waals surface area contributed by atoms with E-state index in [1.807, 2.05) is 54.6 Å². The molecular weight excluding hydrogens is 258 g/mol. The summed E-state index contributed by atoms with van der Waals surface area (Å²) < 4.78 is 5.71. The van der Waals surface area contributed by atoms with Crippen molar-refractivity contribution in [2.75, 3.05) is 0 Å². The summed E-state index contributed by atoms with van der Waals surface area (Å²) in [6.45, 7) is 0. The van der Waals surface area contributed by atoms with Crippen LogP contribution in [-0.4, -0.2) is 10.1 Å². The van der Waals surface area contributed by atoms with Crippen molar-refractivity contribution in [1.82, 2.24) is 4.98 Å². The fraction of sp³-hybridized carbons (Fsp3) is 0. The number of rotatable bonds is 3. The number of benzene rings is 2. The molecule has 3 aromatic rings. The summed E-state index contributed by atoms with van der Waals surface area (Å²) in [6.07, 6.45) is 0. The molecule has 0 fully saturated rings. The molecule has 0 saturated carbocycles. The summed E-state index contributed by atoms with van der Waals surface area (Å²) in [5.41, 5.74) is 0.964. The van der Waals surface area contributed by atoms with Gasteiger partial charge in [-0.15, -0.1) is 11.3 Å². The van der Waals surface area contributed by atoms with Gasteiger partial charge in [0, 0.05) is 5.56 Å². The van der Waals surface area contributed by atoms with E-state index < -0.39 is 0 Å². The van der Waals surface area contributed by atoms with Gasteiger partial charge in [-0.3, -0.25) is 0 Å². The maximum absolute atomic E-state index is 9.24. The molecule has 0 spiro atoms. The van der Waals surface area contributed by atoms with Gasteiger partial charge in [-0.1, -0.05) is 18.2 Å². The number of para-hydroxylation sites is 1. The second-order valence-electron chi connectivity index (χ2n) is 3.95. The van der Waals surface area contributed by atoms with Crippen LogP contribution in [0.1, 0.15) is 0 Å². The fourth-order valence-corrected chi connectivity index (χ4v) is 2.38. The first kappa shape index (κ1) is 11.7. The van der Waals surface area contributed by atoms with Crippen molar-refractivity contribution in [2.24, 2.45) is 0 Å². The quantitative estimate of drug-likeness (QED) is 0.770. The number of aromatic nitrogens is 1. The summed E-state index contributed by atoms with van der Waals surface area (Å²) in [6, 6.07) is 17.3. The van der Waals surface area contributed by atoms with Crippen LogP contribution in [0, 0.1) is 0 Å². The van der Waals surface area contributed by atoms with E-state index in [-0.39, 0.29) is 5.88 Å². The third-order valence-corrected chi connectivity index (χ3v) is 3.45. The summed E-state index contributed by atoms with van der Waals surface area (Å²) in [5, 5.41) is 11.6. The van der Waals surface area contributed by atoms with Crippen LogP contribution in [0.4, 0.5) is 0 Å². The molecule has 4 heteroatoms. The molecular formula is C15H11NO2S. The highest BCUT2D eigenvalue weighted by molar-refractivity contribution is 7.13. The Labute approximate surface area is 114 Å². The molecule has 1 aromatic heterocycles. The molecule has 0 amide bonds. The van der Waals surface area contributed by atoms with Gasteiger partial charge in [0.05, 0.1) is 5.38 Å². The van der Waals surface area contributed by atoms with Gasteiger partial charge in [0.2, 0.25) is 5.88 Å². The number of ether oxygens (including phenoxy) is 1. The summed E-state index contributed by atoms with van der Waals surface area (Å²) in [7, 11) is 0. The minimum absolute atomic E-state index is 0.0598. The molecule has 0 aliphatic carbocycles. The first-order chi connectivity index (χ1) is 9.31. The summed E-state index contributed by atoms with van der Waals surface area (Å²) in [5.74, 6) is 1.64. The lowest BCUT2D eigenvalue weighted by Gasteiger charge is -2.05. The van der Waals surface area contributed by atoms with Crippen LogP contribution in [0.15, 0.2) is 60.0 Å². The average molecular weight is 269 g/mol. The Morgan fingerprint density at radius 2 is 1.58 bits per heavy atom. The lowest BCUT2D eigenvalue weighted by atomic mass is 10.2. The molecule has 1 N–H and O–H groups in total. The normalized spacial score (nSPS) is 10.3. The first-order valence-corrected chi connectivity index (χ1v) is 6.67. The van der Waals surface area contributed by atoms with Crippen LogP contribution in [0.5, 0.6) is 17.4 Å². The number of nitrogens with zero attached hydrogens (tertiary/aromatic N) is 1. The summed E-state index contributed by atoms with van der Waals surface area (Å²) in [4.78, 5) is 4.03. The topological polar surface area (TPSA) is 42.4 Å². The predicted molar refractivity (Wildman–Crippen MR) is 75.7 cm³/mol. The van der Waals surface area contributed by atoms with Crippen molar-refractivity contribution in [2.45, 2.75) is 0 Å². The zero-order valence-corrected chi connectivity index (χ0v) is 10.8. The second-order valence-corrected chi connectivity index (χ2v) is 4.81. The lowest BCUT2D eigenvalue weighted by Crippen LogP contribution is -1.83. The van der Waals surface area contributed by atoms with Crippen LogP contribution < -0.4 is 4.74 Å². The Bertz CT molecular complexity index is 662. The van der Waals surface area contributed by atoms with Crippen molar-refractivity contribution in [3.8, 4) is 28.0 Å². The van der Waals surface area contributed by atoms with E-state index in [4.69, 9.17) is 4.74 Å². The van der Waals surface area contributed by atoms with Gasteiger partial charge < -0.3 is 9.84 Å². The van der Waals surface area contributed by atoms with Crippen LogP contribution in [0.3, 0.4) is 0 Å².